The summed E-state index contributed by atoms with van der Waals surface area (Å²) in [5.41, 5.74) is 11.1. The molecule has 2 amide bonds. The van der Waals surface area contributed by atoms with Crippen molar-refractivity contribution in [1.29, 1.82) is 0 Å². The van der Waals surface area contributed by atoms with Gasteiger partial charge in [0.1, 0.15) is 0 Å². The molecule has 0 radical (unpaired) electrons. The van der Waals surface area contributed by atoms with Gasteiger partial charge in [0.15, 0.2) is 0 Å². The molecule has 0 spiro atoms. The lowest BCUT2D eigenvalue weighted by Gasteiger charge is -2.11. The number of primary amides is 2. The van der Waals surface area contributed by atoms with E-state index in [9.17, 15) is 14.7 Å². The zero-order valence-electron chi connectivity index (χ0n) is 8.93. The predicted molar refractivity (Wildman–Crippen MR) is 58.9 cm³/mol. The van der Waals surface area contributed by atoms with Gasteiger partial charge in [-0.3, -0.25) is 9.59 Å². The van der Waals surface area contributed by atoms with E-state index in [0.29, 0.717) is 5.56 Å². The van der Waals surface area contributed by atoms with Gasteiger partial charge in [0, 0.05) is 0 Å². The van der Waals surface area contributed by atoms with Crippen LogP contribution in [0.2, 0.25) is 0 Å². The zero-order chi connectivity index (χ0) is 12.3. The Morgan fingerprint density at radius 2 is 1.94 bits per heavy atom. The van der Waals surface area contributed by atoms with Gasteiger partial charge in [-0.25, -0.2) is 0 Å². The Morgan fingerprint density at radius 3 is 2.38 bits per heavy atom. The number of rotatable bonds is 4. The van der Waals surface area contributed by atoms with Crippen LogP contribution in [0, 0.1) is 0 Å². The van der Waals surface area contributed by atoms with Crippen molar-refractivity contribution in [3.8, 4) is 0 Å². The third kappa shape index (κ3) is 2.58. The number of aliphatic hydroxyl groups is 1. The number of carbonyl (C=O) groups excluding carboxylic acids is 2. The fraction of sp³-hybridized carbons (Fsp3) is 0.273. The number of hydrogen-bond acceptors (Lipinski definition) is 3. The summed E-state index contributed by atoms with van der Waals surface area (Å²) in [6, 6.07) is 4.68. The van der Waals surface area contributed by atoms with Crippen LogP contribution >= 0.6 is 0 Å². The molecule has 0 bridgehead atoms. The summed E-state index contributed by atoms with van der Waals surface area (Å²) in [6.07, 6.45) is -0.374. The summed E-state index contributed by atoms with van der Waals surface area (Å²) in [6.45, 7) is 1.59. The minimum absolute atomic E-state index is 0.0886. The third-order valence-electron chi connectivity index (χ3n) is 2.18. The molecule has 0 aliphatic carbocycles. The number of benzene rings is 1. The van der Waals surface area contributed by atoms with Crippen molar-refractivity contribution in [3.05, 3.63) is 34.9 Å². The van der Waals surface area contributed by atoms with Crippen LogP contribution in [0.1, 0.15) is 33.2 Å². The molecule has 0 aliphatic rings. The van der Waals surface area contributed by atoms with Gasteiger partial charge in [0.25, 0.3) is 0 Å². The van der Waals surface area contributed by atoms with Gasteiger partial charge in [0.2, 0.25) is 11.8 Å². The molecular formula is C11H14N2O3. The van der Waals surface area contributed by atoms with E-state index < -0.39 is 17.9 Å². The Kier molecular flexibility index (Phi) is 3.63. The van der Waals surface area contributed by atoms with E-state index >= 15 is 0 Å². The lowest BCUT2D eigenvalue weighted by atomic mass is 9.96. The molecular weight excluding hydrogens is 208 g/mol. The Labute approximate surface area is 93.1 Å². The molecule has 0 aromatic heterocycles. The van der Waals surface area contributed by atoms with Gasteiger partial charge >= 0.3 is 0 Å². The van der Waals surface area contributed by atoms with E-state index in [-0.39, 0.29) is 17.5 Å². The highest BCUT2D eigenvalue weighted by Crippen LogP contribution is 2.16. The van der Waals surface area contributed by atoms with Crippen LogP contribution in [0.25, 0.3) is 0 Å². The quantitative estimate of drug-likeness (QED) is 0.657. The maximum atomic E-state index is 11.3. The van der Waals surface area contributed by atoms with Crippen LogP contribution in [0.5, 0.6) is 0 Å². The lowest BCUT2D eigenvalue weighted by molar-refractivity contribution is 0.0965. The largest absolute Gasteiger partial charge is 0.393 e. The van der Waals surface area contributed by atoms with Crippen molar-refractivity contribution in [2.24, 2.45) is 11.5 Å². The summed E-state index contributed by atoms with van der Waals surface area (Å²) < 4.78 is 0. The maximum absolute atomic E-state index is 11.3. The van der Waals surface area contributed by atoms with Crippen LogP contribution in [0.15, 0.2) is 18.2 Å². The molecule has 0 aliphatic heterocycles. The molecule has 5 N–H and O–H groups in total. The second kappa shape index (κ2) is 4.76. The molecule has 1 aromatic rings. The molecule has 86 valence electrons. The van der Waals surface area contributed by atoms with Crippen molar-refractivity contribution in [3.63, 3.8) is 0 Å². The summed E-state index contributed by atoms with van der Waals surface area (Å²) in [5, 5.41) is 9.27. The molecule has 1 aromatic carbocycles. The van der Waals surface area contributed by atoms with E-state index in [1.165, 1.54) is 6.07 Å². The van der Waals surface area contributed by atoms with Crippen LogP contribution < -0.4 is 11.5 Å². The molecule has 16 heavy (non-hydrogen) atoms. The first-order valence-corrected chi connectivity index (χ1v) is 4.83. The molecule has 0 saturated heterocycles. The maximum Gasteiger partial charge on any atom is 0.249 e. The van der Waals surface area contributed by atoms with Crippen LogP contribution in [0.3, 0.4) is 0 Å². The summed E-state index contributed by atoms with van der Waals surface area (Å²) in [4.78, 5) is 22.4. The normalized spacial score (nSPS) is 12.1. The van der Waals surface area contributed by atoms with Gasteiger partial charge in [-0.1, -0.05) is 12.1 Å². The molecule has 0 saturated carbocycles. The average molecular weight is 222 g/mol. The molecule has 1 atom stereocenters. The van der Waals surface area contributed by atoms with E-state index in [2.05, 4.69) is 0 Å². The first-order valence-electron chi connectivity index (χ1n) is 4.83. The van der Waals surface area contributed by atoms with Crippen molar-refractivity contribution >= 4 is 11.8 Å². The highest BCUT2D eigenvalue weighted by atomic mass is 16.3. The first-order chi connectivity index (χ1) is 7.43. The van der Waals surface area contributed by atoms with Crippen LogP contribution in [0.4, 0.5) is 0 Å². The van der Waals surface area contributed by atoms with Gasteiger partial charge in [-0.2, -0.15) is 0 Å². The van der Waals surface area contributed by atoms with E-state index in [0.717, 1.165) is 0 Å². The predicted octanol–water partition coefficient (Wildman–Crippen LogP) is -0.192. The fourth-order valence-electron chi connectivity index (χ4n) is 1.58. The smallest absolute Gasteiger partial charge is 0.249 e. The standard InChI is InChI=1S/C11H14N2O3/c1-6(14)5-7-3-2-4-8(10(12)15)9(7)11(13)16/h2-4,6,14H,5H2,1H3,(H2,12,15)(H2,13,16). The summed E-state index contributed by atoms with van der Waals surface area (Å²) >= 11 is 0. The Hall–Kier alpha value is -1.88. The van der Waals surface area contributed by atoms with Crippen molar-refractivity contribution < 1.29 is 14.7 Å². The van der Waals surface area contributed by atoms with Gasteiger partial charge in [0.05, 0.1) is 17.2 Å². The summed E-state index contributed by atoms with van der Waals surface area (Å²) in [5.74, 6) is -1.42. The van der Waals surface area contributed by atoms with Gasteiger partial charge < -0.3 is 16.6 Å². The number of carbonyl (C=O) groups is 2. The number of nitrogens with two attached hydrogens (primary N) is 2. The van der Waals surface area contributed by atoms with Gasteiger partial charge in [-0.15, -0.1) is 0 Å². The van der Waals surface area contributed by atoms with Crippen LogP contribution in [-0.4, -0.2) is 23.0 Å². The van der Waals surface area contributed by atoms with Crippen molar-refractivity contribution in [2.75, 3.05) is 0 Å². The minimum atomic E-state index is -0.718. The number of hydrogen-bond donors (Lipinski definition) is 3. The Balaban J connectivity index is 3.32. The second-order valence-corrected chi connectivity index (χ2v) is 3.62. The van der Waals surface area contributed by atoms with E-state index in [1.807, 2.05) is 0 Å². The molecule has 5 nitrogen and oxygen atoms in total. The molecule has 0 fully saturated rings. The van der Waals surface area contributed by atoms with Crippen molar-refractivity contribution in [1.82, 2.24) is 0 Å². The first kappa shape index (κ1) is 12.2. The topological polar surface area (TPSA) is 106 Å². The molecule has 0 heterocycles. The number of aliphatic hydroxyl groups excluding tert-OH is 1. The lowest BCUT2D eigenvalue weighted by Crippen LogP contribution is -2.23. The van der Waals surface area contributed by atoms with E-state index in [4.69, 9.17) is 11.5 Å². The minimum Gasteiger partial charge on any atom is -0.393 e. The molecule has 1 rings (SSSR count). The highest BCUT2D eigenvalue weighted by molar-refractivity contribution is 6.07. The monoisotopic (exact) mass is 222 g/mol. The Bertz CT molecular complexity index is 427. The second-order valence-electron chi connectivity index (χ2n) is 3.62. The molecule has 5 heteroatoms. The van der Waals surface area contributed by atoms with Crippen LogP contribution in [-0.2, 0) is 6.42 Å². The van der Waals surface area contributed by atoms with E-state index in [1.54, 1.807) is 19.1 Å². The van der Waals surface area contributed by atoms with Gasteiger partial charge in [-0.05, 0) is 25.0 Å². The highest BCUT2D eigenvalue weighted by Gasteiger charge is 2.17. The SMILES string of the molecule is CC(O)Cc1cccc(C(N)=O)c1C(N)=O. The number of amides is 2. The van der Waals surface area contributed by atoms with Crippen molar-refractivity contribution in [2.45, 2.75) is 19.4 Å². The average Bonchev–Trinajstić information content (AvgIpc) is 2.15. The zero-order valence-corrected chi connectivity index (χ0v) is 8.93. The molecule has 1 unspecified atom stereocenters. The Morgan fingerprint density at radius 1 is 1.31 bits per heavy atom. The summed E-state index contributed by atoms with van der Waals surface area (Å²) in [7, 11) is 0. The third-order valence-corrected chi connectivity index (χ3v) is 2.18. The fourth-order valence-corrected chi connectivity index (χ4v) is 1.58.